The SMILES string of the molecule is COc1ccc(N2CCN(C(N)=O)C(c3c[nH]c4ccccc34)C2)cc1. The molecule has 0 saturated carbocycles. The Labute approximate surface area is 152 Å². The summed E-state index contributed by atoms with van der Waals surface area (Å²) >= 11 is 0. The molecule has 1 aliphatic heterocycles. The normalized spacial score (nSPS) is 17.5. The number of carbonyl (C=O) groups excluding carboxylic acids is 1. The molecule has 4 rings (SSSR count). The Morgan fingerprint density at radius 3 is 2.65 bits per heavy atom. The van der Waals surface area contributed by atoms with Crippen molar-refractivity contribution >= 4 is 22.6 Å². The Hall–Kier alpha value is -3.15. The van der Waals surface area contributed by atoms with E-state index in [1.54, 1.807) is 12.0 Å². The molecule has 0 radical (unpaired) electrons. The Bertz CT molecular complexity index is 919. The zero-order valence-electron chi connectivity index (χ0n) is 14.7. The van der Waals surface area contributed by atoms with Crippen LogP contribution in [0.5, 0.6) is 5.75 Å². The number of aromatic nitrogens is 1. The predicted molar refractivity (Wildman–Crippen MR) is 103 cm³/mol. The summed E-state index contributed by atoms with van der Waals surface area (Å²) in [5.74, 6) is 0.831. The molecule has 2 aromatic carbocycles. The van der Waals surface area contributed by atoms with Crippen molar-refractivity contribution in [3.8, 4) is 5.75 Å². The number of nitrogens with one attached hydrogen (secondary N) is 1. The third-order valence-corrected chi connectivity index (χ3v) is 5.08. The molecule has 0 aliphatic carbocycles. The molecule has 3 N–H and O–H groups in total. The number of amides is 2. The van der Waals surface area contributed by atoms with Crippen LogP contribution in [0, 0.1) is 0 Å². The van der Waals surface area contributed by atoms with Crippen LogP contribution in [0.1, 0.15) is 11.6 Å². The highest BCUT2D eigenvalue weighted by molar-refractivity contribution is 5.84. The number of benzene rings is 2. The fourth-order valence-electron chi connectivity index (χ4n) is 3.71. The number of fused-ring (bicyclic) bond motifs is 1. The first-order valence-corrected chi connectivity index (χ1v) is 8.68. The number of urea groups is 1. The Morgan fingerprint density at radius 1 is 1.15 bits per heavy atom. The molecular weight excluding hydrogens is 328 g/mol. The van der Waals surface area contributed by atoms with Gasteiger partial charge in [-0.3, -0.25) is 0 Å². The number of rotatable bonds is 3. The van der Waals surface area contributed by atoms with Crippen molar-refractivity contribution in [1.82, 2.24) is 9.88 Å². The van der Waals surface area contributed by atoms with Gasteiger partial charge in [0.2, 0.25) is 0 Å². The molecule has 1 aromatic heterocycles. The minimum absolute atomic E-state index is 0.0977. The standard InChI is InChI=1S/C20H22N4O2/c1-26-15-8-6-14(7-9-15)23-10-11-24(20(21)25)19(13-23)17-12-22-18-5-3-2-4-16(17)18/h2-9,12,19,22H,10-11,13H2,1H3,(H2,21,25). The van der Waals surface area contributed by atoms with Gasteiger partial charge in [0.05, 0.1) is 13.2 Å². The fraction of sp³-hybridized carbons (Fsp3) is 0.250. The lowest BCUT2D eigenvalue weighted by Gasteiger charge is -2.41. The van der Waals surface area contributed by atoms with Gasteiger partial charge < -0.3 is 25.3 Å². The number of H-pyrrole nitrogens is 1. The Morgan fingerprint density at radius 2 is 1.92 bits per heavy atom. The lowest BCUT2D eigenvalue weighted by molar-refractivity contribution is 0.176. The van der Waals surface area contributed by atoms with E-state index in [9.17, 15) is 4.79 Å². The quantitative estimate of drug-likeness (QED) is 0.762. The molecule has 0 bridgehead atoms. The second kappa shape index (κ2) is 6.63. The van der Waals surface area contributed by atoms with Crippen molar-refractivity contribution < 1.29 is 9.53 Å². The maximum absolute atomic E-state index is 12.0. The molecule has 134 valence electrons. The van der Waals surface area contributed by atoms with Crippen LogP contribution in [0.25, 0.3) is 10.9 Å². The molecule has 2 heterocycles. The zero-order valence-corrected chi connectivity index (χ0v) is 14.7. The number of nitrogens with zero attached hydrogens (tertiary/aromatic N) is 2. The number of aromatic amines is 1. The van der Waals surface area contributed by atoms with Gasteiger partial charge in [0.1, 0.15) is 5.75 Å². The summed E-state index contributed by atoms with van der Waals surface area (Å²) in [7, 11) is 1.66. The number of para-hydroxylation sites is 1. The summed E-state index contributed by atoms with van der Waals surface area (Å²) in [5.41, 5.74) is 8.94. The fourth-order valence-corrected chi connectivity index (χ4v) is 3.71. The van der Waals surface area contributed by atoms with Crippen LogP contribution in [-0.2, 0) is 0 Å². The molecule has 1 atom stereocenters. The number of hydrogen-bond donors (Lipinski definition) is 2. The van der Waals surface area contributed by atoms with Gasteiger partial charge in [-0.2, -0.15) is 0 Å². The van der Waals surface area contributed by atoms with Gasteiger partial charge in [-0.1, -0.05) is 18.2 Å². The Kier molecular flexibility index (Phi) is 4.16. The largest absolute Gasteiger partial charge is 0.497 e. The van der Waals surface area contributed by atoms with E-state index in [1.165, 1.54) is 0 Å². The first kappa shape index (κ1) is 16.3. The second-order valence-electron chi connectivity index (χ2n) is 6.48. The number of anilines is 1. The van der Waals surface area contributed by atoms with E-state index in [1.807, 2.05) is 48.7 Å². The maximum Gasteiger partial charge on any atom is 0.315 e. The van der Waals surface area contributed by atoms with E-state index in [2.05, 4.69) is 16.0 Å². The van der Waals surface area contributed by atoms with Crippen LogP contribution in [0.3, 0.4) is 0 Å². The molecule has 6 heteroatoms. The van der Waals surface area contributed by atoms with Gasteiger partial charge in [0.15, 0.2) is 0 Å². The molecule has 1 fully saturated rings. The topological polar surface area (TPSA) is 74.6 Å². The molecular formula is C20H22N4O2. The highest BCUT2D eigenvalue weighted by Crippen LogP contribution is 2.33. The third kappa shape index (κ3) is 2.83. The lowest BCUT2D eigenvalue weighted by Crippen LogP contribution is -2.52. The second-order valence-corrected chi connectivity index (χ2v) is 6.48. The first-order valence-electron chi connectivity index (χ1n) is 8.68. The molecule has 1 saturated heterocycles. The number of methoxy groups -OCH3 is 1. The van der Waals surface area contributed by atoms with Crippen LogP contribution in [0.2, 0.25) is 0 Å². The van der Waals surface area contributed by atoms with Gasteiger partial charge in [-0.15, -0.1) is 0 Å². The molecule has 0 spiro atoms. The van der Waals surface area contributed by atoms with Gasteiger partial charge >= 0.3 is 6.03 Å². The molecule has 26 heavy (non-hydrogen) atoms. The van der Waals surface area contributed by atoms with E-state index in [-0.39, 0.29) is 12.1 Å². The average Bonchev–Trinajstić information content (AvgIpc) is 3.11. The number of nitrogens with two attached hydrogens (primary N) is 1. The average molecular weight is 350 g/mol. The summed E-state index contributed by atoms with van der Waals surface area (Å²) in [4.78, 5) is 19.4. The van der Waals surface area contributed by atoms with Crippen molar-refractivity contribution in [1.29, 1.82) is 0 Å². The van der Waals surface area contributed by atoms with Crippen molar-refractivity contribution in [2.24, 2.45) is 5.73 Å². The van der Waals surface area contributed by atoms with Gasteiger partial charge in [0, 0.05) is 48.0 Å². The van der Waals surface area contributed by atoms with Gasteiger partial charge in [-0.05, 0) is 30.3 Å². The smallest absolute Gasteiger partial charge is 0.315 e. The van der Waals surface area contributed by atoms with E-state index in [4.69, 9.17) is 10.5 Å². The summed E-state index contributed by atoms with van der Waals surface area (Å²) < 4.78 is 5.24. The molecule has 1 unspecified atom stereocenters. The zero-order chi connectivity index (χ0) is 18.1. The van der Waals surface area contributed by atoms with Crippen molar-refractivity contribution in [3.05, 3.63) is 60.3 Å². The summed E-state index contributed by atoms with van der Waals surface area (Å²) in [6, 6.07) is 15.7. The van der Waals surface area contributed by atoms with Crippen LogP contribution >= 0.6 is 0 Å². The molecule has 6 nitrogen and oxygen atoms in total. The number of ether oxygens (including phenoxy) is 1. The van der Waals surface area contributed by atoms with Crippen LogP contribution < -0.4 is 15.4 Å². The minimum Gasteiger partial charge on any atom is -0.497 e. The van der Waals surface area contributed by atoms with E-state index in [0.29, 0.717) is 13.1 Å². The lowest BCUT2D eigenvalue weighted by atomic mass is 10.0. The minimum atomic E-state index is -0.380. The summed E-state index contributed by atoms with van der Waals surface area (Å²) in [6.45, 7) is 2.02. The highest BCUT2D eigenvalue weighted by atomic mass is 16.5. The predicted octanol–water partition coefficient (Wildman–Crippen LogP) is 3.12. The van der Waals surface area contributed by atoms with Crippen LogP contribution in [0.15, 0.2) is 54.7 Å². The van der Waals surface area contributed by atoms with Crippen LogP contribution in [-0.4, -0.2) is 42.7 Å². The van der Waals surface area contributed by atoms with Crippen molar-refractivity contribution in [2.75, 3.05) is 31.6 Å². The molecule has 3 aromatic rings. The number of primary amides is 1. The van der Waals surface area contributed by atoms with Gasteiger partial charge in [0.25, 0.3) is 0 Å². The maximum atomic E-state index is 12.0. The monoisotopic (exact) mass is 350 g/mol. The summed E-state index contributed by atoms with van der Waals surface area (Å²) in [5, 5.41) is 1.13. The summed E-state index contributed by atoms with van der Waals surface area (Å²) in [6.07, 6.45) is 1.99. The van der Waals surface area contributed by atoms with Crippen molar-refractivity contribution in [3.63, 3.8) is 0 Å². The number of carbonyl (C=O) groups is 1. The van der Waals surface area contributed by atoms with Crippen molar-refractivity contribution in [2.45, 2.75) is 6.04 Å². The number of piperazine rings is 1. The van der Waals surface area contributed by atoms with Gasteiger partial charge in [-0.25, -0.2) is 4.79 Å². The third-order valence-electron chi connectivity index (χ3n) is 5.08. The highest BCUT2D eigenvalue weighted by Gasteiger charge is 2.32. The van der Waals surface area contributed by atoms with E-state index in [0.717, 1.165) is 34.4 Å². The first-order chi connectivity index (χ1) is 12.7. The van der Waals surface area contributed by atoms with Crippen LogP contribution in [0.4, 0.5) is 10.5 Å². The number of hydrogen-bond acceptors (Lipinski definition) is 3. The Balaban J connectivity index is 1.68. The van der Waals surface area contributed by atoms with E-state index < -0.39 is 0 Å². The molecule has 1 aliphatic rings. The molecule has 2 amide bonds. The van der Waals surface area contributed by atoms with E-state index >= 15 is 0 Å².